The van der Waals surface area contributed by atoms with Crippen molar-refractivity contribution < 1.29 is 13.9 Å². The first-order valence-electron chi connectivity index (χ1n) is 9.59. The van der Waals surface area contributed by atoms with Gasteiger partial charge in [-0.05, 0) is 30.7 Å². The highest BCUT2D eigenvalue weighted by atomic mass is 32.2. The Morgan fingerprint density at radius 2 is 2.07 bits per heavy atom. The topological polar surface area (TPSA) is 86.4 Å². The molecular formula is C22H21N3O4S. The van der Waals surface area contributed by atoms with Crippen LogP contribution in [0.4, 0.5) is 5.69 Å². The molecule has 7 nitrogen and oxygen atoms in total. The molecule has 1 amide bonds. The molecule has 2 heterocycles. The molecule has 8 heteroatoms. The third-order valence-electron chi connectivity index (χ3n) is 4.58. The first kappa shape index (κ1) is 20.0. The summed E-state index contributed by atoms with van der Waals surface area (Å²) in [6.07, 6.45) is 0.761. The molecule has 0 saturated heterocycles. The largest absolute Gasteiger partial charge is 0.497 e. The van der Waals surface area contributed by atoms with Crippen LogP contribution in [0.25, 0.3) is 22.1 Å². The zero-order chi connectivity index (χ0) is 21.1. The van der Waals surface area contributed by atoms with Crippen LogP contribution in [-0.2, 0) is 11.3 Å². The molecule has 0 aliphatic heterocycles. The van der Waals surface area contributed by atoms with Crippen molar-refractivity contribution in [1.29, 1.82) is 0 Å². The highest BCUT2D eigenvalue weighted by Crippen LogP contribution is 2.27. The van der Waals surface area contributed by atoms with Crippen LogP contribution in [0, 0.1) is 0 Å². The Bertz CT molecular complexity index is 1280. The lowest BCUT2D eigenvalue weighted by Crippen LogP contribution is -2.23. The van der Waals surface area contributed by atoms with E-state index in [-0.39, 0.29) is 22.8 Å². The number of para-hydroxylation sites is 1. The molecular weight excluding hydrogens is 402 g/mol. The van der Waals surface area contributed by atoms with Gasteiger partial charge in [-0.1, -0.05) is 36.9 Å². The van der Waals surface area contributed by atoms with Gasteiger partial charge in [-0.15, -0.1) is 0 Å². The molecule has 1 N–H and O–H groups in total. The summed E-state index contributed by atoms with van der Waals surface area (Å²) in [5.74, 6) is 0.591. The van der Waals surface area contributed by atoms with Crippen LogP contribution in [0.5, 0.6) is 5.75 Å². The van der Waals surface area contributed by atoms with E-state index in [0.717, 1.165) is 11.8 Å². The summed E-state index contributed by atoms with van der Waals surface area (Å²) in [6.45, 7) is 2.48. The van der Waals surface area contributed by atoms with E-state index in [1.54, 1.807) is 29.9 Å². The van der Waals surface area contributed by atoms with Crippen molar-refractivity contribution in [2.24, 2.45) is 0 Å². The van der Waals surface area contributed by atoms with E-state index in [0.29, 0.717) is 34.2 Å². The normalized spacial score (nSPS) is 11.1. The van der Waals surface area contributed by atoms with E-state index in [1.165, 1.54) is 11.8 Å². The summed E-state index contributed by atoms with van der Waals surface area (Å²) in [5, 5.41) is 4.13. The molecule has 0 aliphatic carbocycles. The Labute approximate surface area is 177 Å². The number of ether oxygens (including phenoxy) is 1. The third kappa shape index (κ3) is 3.91. The zero-order valence-electron chi connectivity index (χ0n) is 16.7. The molecule has 4 rings (SSSR count). The lowest BCUT2D eigenvalue weighted by Gasteiger charge is -2.11. The number of methoxy groups -OCH3 is 1. The second kappa shape index (κ2) is 8.62. The van der Waals surface area contributed by atoms with E-state index in [9.17, 15) is 9.59 Å². The van der Waals surface area contributed by atoms with Gasteiger partial charge < -0.3 is 14.5 Å². The summed E-state index contributed by atoms with van der Waals surface area (Å²) < 4.78 is 12.5. The van der Waals surface area contributed by atoms with Crippen molar-refractivity contribution in [1.82, 2.24) is 9.55 Å². The predicted octanol–water partition coefficient (Wildman–Crippen LogP) is 4.29. The molecule has 30 heavy (non-hydrogen) atoms. The van der Waals surface area contributed by atoms with Gasteiger partial charge in [-0.3, -0.25) is 14.2 Å². The third-order valence-corrected chi connectivity index (χ3v) is 5.56. The van der Waals surface area contributed by atoms with Crippen molar-refractivity contribution in [2.45, 2.75) is 25.0 Å². The number of carbonyl (C=O) groups excluding carboxylic acids is 1. The van der Waals surface area contributed by atoms with Gasteiger partial charge in [0.25, 0.3) is 5.56 Å². The van der Waals surface area contributed by atoms with Gasteiger partial charge in [0, 0.05) is 23.7 Å². The van der Waals surface area contributed by atoms with Crippen LogP contribution >= 0.6 is 11.8 Å². The molecule has 154 valence electrons. The Kier molecular flexibility index (Phi) is 5.76. The number of rotatable bonds is 7. The van der Waals surface area contributed by atoms with Gasteiger partial charge in [0.1, 0.15) is 16.8 Å². The Hall–Kier alpha value is -3.26. The number of fused-ring (bicyclic) bond motifs is 3. The van der Waals surface area contributed by atoms with Gasteiger partial charge in [0.2, 0.25) is 11.5 Å². The number of furan rings is 1. The lowest BCUT2D eigenvalue weighted by atomic mass is 10.2. The number of nitrogens with one attached hydrogen (secondary N) is 1. The smallest absolute Gasteiger partial charge is 0.297 e. The van der Waals surface area contributed by atoms with Gasteiger partial charge in [-0.2, -0.15) is 0 Å². The van der Waals surface area contributed by atoms with Crippen LogP contribution in [0.2, 0.25) is 0 Å². The highest BCUT2D eigenvalue weighted by molar-refractivity contribution is 7.99. The molecule has 0 saturated carbocycles. The number of hydrogen-bond acceptors (Lipinski definition) is 6. The molecule has 2 aromatic carbocycles. The van der Waals surface area contributed by atoms with Gasteiger partial charge >= 0.3 is 0 Å². The number of nitrogens with zero attached hydrogens (tertiary/aromatic N) is 2. The molecule has 0 atom stereocenters. The van der Waals surface area contributed by atoms with E-state index in [1.807, 2.05) is 37.3 Å². The molecule has 0 spiro atoms. The minimum absolute atomic E-state index is 0.120. The summed E-state index contributed by atoms with van der Waals surface area (Å²) in [7, 11) is 1.57. The number of aromatic nitrogens is 2. The molecule has 2 aromatic heterocycles. The molecule has 0 fully saturated rings. The molecule has 4 aromatic rings. The number of amides is 1. The summed E-state index contributed by atoms with van der Waals surface area (Å²) in [4.78, 5) is 30.2. The number of benzene rings is 2. The van der Waals surface area contributed by atoms with Crippen molar-refractivity contribution in [3.05, 3.63) is 58.9 Å². The maximum atomic E-state index is 13.0. The summed E-state index contributed by atoms with van der Waals surface area (Å²) in [5.41, 5.74) is 1.82. The van der Waals surface area contributed by atoms with Crippen molar-refractivity contribution in [3.8, 4) is 5.75 Å². The Morgan fingerprint density at radius 1 is 1.23 bits per heavy atom. The SMILES string of the molecule is CCCn1c(SCC(=O)Nc2cccc(OC)c2)nc2c(oc3ccccc32)c1=O. The van der Waals surface area contributed by atoms with Crippen LogP contribution in [-0.4, -0.2) is 28.3 Å². The molecule has 0 radical (unpaired) electrons. The standard InChI is InChI=1S/C22H21N3O4S/c1-3-11-25-21(27)20-19(16-9-4-5-10-17(16)29-20)24-22(25)30-13-18(26)23-14-7-6-8-15(12-14)28-2/h4-10,12H,3,11,13H2,1-2H3,(H,23,26). The van der Waals surface area contributed by atoms with Crippen molar-refractivity contribution in [2.75, 3.05) is 18.2 Å². The van der Waals surface area contributed by atoms with Gasteiger partial charge in [0.15, 0.2) is 5.16 Å². The van der Waals surface area contributed by atoms with Crippen LogP contribution in [0.3, 0.4) is 0 Å². The maximum Gasteiger partial charge on any atom is 0.297 e. The molecule has 0 bridgehead atoms. The number of hydrogen-bond donors (Lipinski definition) is 1. The average Bonchev–Trinajstić information content (AvgIpc) is 3.13. The minimum Gasteiger partial charge on any atom is -0.497 e. The van der Waals surface area contributed by atoms with E-state index >= 15 is 0 Å². The fourth-order valence-electron chi connectivity index (χ4n) is 3.21. The second-order valence-electron chi connectivity index (χ2n) is 6.70. The molecule has 0 aliphatic rings. The average molecular weight is 423 g/mol. The zero-order valence-corrected chi connectivity index (χ0v) is 17.5. The maximum absolute atomic E-state index is 13.0. The fourth-order valence-corrected chi connectivity index (χ4v) is 4.03. The van der Waals surface area contributed by atoms with Crippen LogP contribution in [0.15, 0.2) is 62.9 Å². The first-order valence-corrected chi connectivity index (χ1v) is 10.6. The first-order chi connectivity index (χ1) is 14.6. The molecule has 0 unspecified atom stereocenters. The van der Waals surface area contributed by atoms with Gasteiger partial charge in [0.05, 0.1) is 12.9 Å². The van der Waals surface area contributed by atoms with Crippen LogP contribution in [0.1, 0.15) is 13.3 Å². The summed E-state index contributed by atoms with van der Waals surface area (Å²) >= 11 is 1.23. The minimum atomic E-state index is -0.228. The Balaban J connectivity index is 1.62. The monoisotopic (exact) mass is 423 g/mol. The number of thioether (sulfide) groups is 1. The van der Waals surface area contributed by atoms with Crippen molar-refractivity contribution >= 4 is 45.4 Å². The highest BCUT2D eigenvalue weighted by Gasteiger charge is 2.18. The van der Waals surface area contributed by atoms with E-state index in [4.69, 9.17) is 9.15 Å². The predicted molar refractivity (Wildman–Crippen MR) is 118 cm³/mol. The Morgan fingerprint density at radius 3 is 2.87 bits per heavy atom. The fraction of sp³-hybridized carbons (Fsp3) is 0.227. The second-order valence-corrected chi connectivity index (χ2v) is 7.64. The van der Waals surface area contributed by atoms with E-state index in [2.05, 4.69) is 10.3 Å². The lowest BCUT2D eigenvalue weighted by molar-refractivity contribution is -0.113. The van der Waals surface area contributed by atoms with Crippen LogP contribution < -0.4 is 15.6 Å². The number of carbonyl (C=O) groups is 1. The summed E-state index contributed by atoms with van der Waals surface area (Å²) in [6, 6.07) is 14.6. The van der Waals surface area contributed by atoms with E-state index < -0.39 is 0 Å². The quantitative estimate of drug-likeness (QED) is 0.352. The number of anilines is 1. The van der Waals surface area contributed by atoms with Crippen molar-refractivity contribution in [3.63, 3.8) is 0 Å². The van der Waals surface area contributed by atoms with Gasteiger partial charge in [-0.25, -0.2) is 4.98 Å².